The third-order valence-electron chi connectivity index (χ3n) is 6.38. The molecule has 0 spiro atoms. The molecule has 0 atom stereocenters. The van der Waals surface area contributed by atoms with Crippen molar-refractivity contribution < 1.29 is 19.1 Å². The molecule has 2 N–H and O–H groups in total. The number of rotatable bonds is 9. The molecule has 0 saturated carbocycles. The fourth-order valence-electron chi connectivity index (χ4n) is 4.21. The second kappa shape index (κ2) is 12.1. The number of benzene rings is 4. The van der Waals surface area contributed by atoms with Crippen LogP contribution in [0.4, 0.5) is 11.4 Å². The Morgan fingerprint density at radius 3 is 1.26 bits per heavy atom. The number of carbonyl (C=O) groups is 2. The van der Waals surface area contributed by atoms with Gasteiger partial charge in [0.15, 0.2) is 0 Å². The van der Waals surface area contributed by atoms with Crippen LogP contribution in [0.5, 0.6) is 11.5 Å². The molecular weight excluding hydrogens is 476 g/mol. The molecule has 4 aromatic rings. The Morgan fingerprint density at radius 1 is 0.579 bits per heavy atom. The van der Waals surface area contributed by atoms with Crippen LogP contribution >= 0.6 is 0 Å². The Morgan fingerprint density at radius 2 is 0.947 bits per heavy atom. The molecule has 0 bridgehead atoms. The van der Waals surface area contributed by atoms with Crippen LogP contribution in [0.25, 0.3) is 11.1 Å². The second-order valence-electron chi connectivity index (χ2n) is 9.21. The minimum atomic E-state index is -0.0726. The topological polar surface area (TPSA) is 76.7 Å². The molecule has 6 nitrogen and oxygen atoms in total. The Labute approximate surface area is 223 Å². The third kappa shape index (κ3) is 6.79. The molecule has 0 radical (unpaired) electrons. The summed E-state index contributed by atoms with van der Waals surface area (Å²) in [6.45, 7) is 3.96. The van der Waals surface area contributed by atoms with Gasteiger partial charge < -0.3 is 20.1 Å². The first-order valence-corrected chi connectivity index (χ1v) is 12.4. The van der Waals surface area contributed by atoms with E-state index in [-0.39, 0.29) is 24.7 Å². The maximum absolute atomic E-state index is 12.6. The number of methoxy groups -OCH3 is 2. The highest BCUT2D eigenvalue weighted by molar-refractivity contribution is 5.94. The highest BCUT2D eigenvalue weighted by atomic mass is 16.5. The van der Waals surface area contributed by atoms with Crippen LogP contribution in [0.3, 0.4) is 0 Å². The highest BCUT2D eigenvalue weighted by Crippen LogP contribution is 2.28. The fraction of sp³-hybridized carbons (Fsp3) is 0.188. The fourth-order valence-corrected chi connectivity index (χ4v) is 4.21. The average molecular weight is 509 g/mol. The summed E-state index contributed by atoms with van der Waals surface area (Å²) in [6, 6.07) is 26.9. The first-order chi connectivity index (χ1) is 18.3. The summed E-state index contributed by atoms with van der Waals surface area (Å²) in [6.07, 6.45) is 0.575. The van der Waals surface area contributed by atoms with E-state index in [2.05, 4.69) is 22.8 Å². The largest absolute Gasteiger partial charge is 0.497 e. The molecule has 4 aromatic carbocycles. The smallest absolute Gasteiger partial charge is 0.228 e. The Hall–Kier alpha value is -4.58. The number of amides is 2. The number of hydrogen-bond donors (Lipinski definition) is 2. The maximum atomic E-state index is 12.6. The summed E-state index contributed by atoms with van der Waals surface area (Å²) in [5, 5.41) is 6.02. The first kappa shape index (κ1) is 26.5. The van der Waals surface area contributed by atoms with Gasteiger partial charge in [0.05, 0.1) is 27.1 Å². The van der Waals surface area contributed by atoms with Crippen LogP contribution in [0.2, 0.25) is 0 Å². The van der Waals surface area contributed by atoms with Crippen LogP contribution in [-0.2, 0) is 22.4 Å². The van der Waals surface area contributed by atoms with Crippen molar-refractivity contribution in [2.24, 2.45) is 0 Å². The first-order valence-electron chi connectivity index (χ1n) is 12.4. The van der Waals surface area contributed by atoms with E-state index in [0.717, 1.165) is 56.3 Å². The van der Waals surface area contributed by atoms with Gasteiger partial charge in [0.1, 0.15) is 11.5 Å². The monoisotopic (exact) mass is 508 g/mol. The summed E-state index contributed by atoms with van der Waals surface area (Å²) >= 11 is 0. The van der Waals surface area contributed by atoms with E-state index in [0.29, 0.717) is 0 Å². The van der Waals surface area contributed by atoms with E-state index in [1.54, 1.807) is 14.2 Å². The van der Waals surface area contributed by atoms with Crippen molar-refractivity contribution in [3.8, 4) is 22.6 Å². The molecule has 38 heavy (non-hydrogen) atoms. The van der Waals surface area contributed by atoms with Crippen molar-refractivity contribution in [1.82, 2.24) is 0 Å². The van der Waals surface area contributed by atoms with Gasteiger partial charge in [0.2, 0.25) is 11.8 Å². The van der Waals surface area contributed by atoms with E-state index in [1.807, 2.05) is 86.6 Å². The van der Waals surface area contributed by atoms with Crippen LogP contribution in [0.1, 0.15) is 22.3 Å². The quantitative estimate of drug-likeness (QED) is 0.276. The zero-order valence-corrected chi connectivity index (χ0v) is 22.1. The van der Waals surface area contributed by atoms with Gasteiger partial charge in [0, 0.05) is 11.4 Å². The summed E-state index contributed by atoms with van der Waals surface area (Å²) in [5.41, 5.74) is 7.43. The van der Waals surface area contributed by atoms with E-state index in [1.165, 1.54) is 0 Å². The molecule has 2 amide bonds. The lowest BCUT2D eigenvalue weighted by Crippen LogP contribution is -2.15. The Balaban J connectivity index is 1.38. The molecule has 0 aliphatic carbocycles. The van der Waals surface area contributed by atoms with E-state index < -0.39 is 0 Å². The van der Waals surface area contributed by atoms with Gasteiger partial charge in [-0.3, -0.25) is 9.59 Å². The number of nitrogens with one attached hydrogen (secondary N) is 2. The zero-order chi connectivity index (χ0) is 27.1. The number of anilines is 2. The highest BCUT2D eigenvalue weighted by Gasteiger charge is 2.10. The molecule has 6 heteroatoms. The van der Waals surface area contributed by atoms with E-state index in [9.17, 15) is 9.59 Å². The Bertz CT molecular complexity index is 1320. The molecule has 4 rings (SSSR count). The molecule has 0 aliphatic rings. The predicted octanol–water partition coefficient (Wildman–Crippen LogP) is 6.35. The normalized spacial score (nSPS) is 10.5. The molecule has 0 aliphatic heterocycles. The standard InChI is InChI=1S/C32H32N2O4/c1-21-17-25(9-15-29(21)33-31(35)19-23-5-11-27(37-3)12-6-23)26-10-16-30(22(2)18-26)34-32(36)20-24-7-13-28(38-4)14-8-24/h5-18H,19-20H2,1-4H3,(H,33,35)(H,34,36). The molecule has 0 unspecified atom stereocenters. The minimum Gasteiger partial charge on any atom is -0.497 e. The van der Waals surface area contributed by atoms with E-state index in [4.69, 9.17) is 9.47 Å². The van der Waals surface area contributed by atoms with Crippen molar-refractivity contribution in [1.29, 1.82) is 0 Å². The van der Waals surface area contributed by atoms with Gasteiger partial charge >= 0.3 is 0 Å². The van der Waals surface area contributed by atoms with Gasteiger partial charge in [0.25, 0.3) is 0 Å². The lowest BCUT2D eigenvalue weighted by Gasteiger charge is -2.13. The number of ether oxygens (including phenoxy) is 2. The number of hydrogen-bond acceptors (Lipinski definition) is 4. The SMILES string of the molecule is COc1ccc(CC(=O)Nc2ccc(-c3ccc(NC(=O)Cc4ccc(OC)cc4)c(C)c3)cc2C)cc1. The molecule has 0 fully saturated rings. The summed E-state index contributed by atoms with van der Waals surface area (Å²) < 4.78 is 10.3. The summed E-state index contributed by atoms with van der Waals surface area (Å²) in [4.78, 5) is 25.2. The molecule has 0 aromatic heterocycles. The summed E-state index contributed by atoms with van der Waals surface area (Å²) in [7, 11) is 3.24. The maximum Gasteiger partial charge on any atom is 0.228 e. The number of carbonyl (C=O) groups excluding carboxylic acids is 2. The van der Waals surface area contributed by atoms with Crippen molar-refractivity contribution in [3.63, 3.8) is 0 Å². The molecule has 0 saturated heterocycles. The third-order valence-corrected chi connectivity index (χ3v) is 6.38. The minimum absolute atomic E-state index is 0.0726. The van der Waals surface area contributed by atoms with Gasteiger partial charge in [-0.15, -0.1) is 0 Å². The average Bonchev–Trinajstić information content (AvgIpc) is 2.92. The molecule has 0 heterocycles. The van der Waals surface area contributed by atoms with Gasteiger partial charge in [-0.25, -0.2) is 0 Å². The Kier molecular flexibility index (Phi) is 8.44. The zero-order valence-electron chi connectivity index (χ0n) is 22.1. The van der Waals surface area contributed by atoms with Crippen molar-refractivity contribution >= 4 is 23.2 Å². The van der Waals surface area contributed by atoms with E-state index >= 15 is 0 Å². The van der Waals surface area contributed by atoms with Gasteiger partial charge in [-0.1, -0.05) is 36.4 Å². The van der Waals surface area contributed by atoms with Crippen LogP contribution in [0.15, 0.2) is 84.9 Å². The molecular formula is C32H32N2O4. The molecule has 194 valence electrons. The van der Waals surface area contributed by atoms with Crippen molar-refractivity contribution in [2.45, 2.75) is 26.7 Å². The number of aryl methyl sites for hydroxylation is 2. The van der Waals surface area contributed by atoms with Crippen molar-refractivity contribution in [3.05, 3.63) is 107 Å². The van der Waals surface area contributed by atoms with Crippen molar-refractivity contribution in [2.75, 3.05) is 24.9 Å². The van der Waals surface area contributed by atoms with Crippen LogP contribution < -0.4 is 20.1 Å². The second-order valence-corrected chi connectivity index (χ2v) is 9.21. The lowest BCUT2D eigenvalue weighted by molar-refractivity contribution is -0.116. The predicted molar refractivity (Wildman–Crippen MR) is 152 cm³/mol. The van der Waals surface area contributed by atoms with Crippen LogP contribution in [0, 0.1) is 13.8 Å². The summed E-state index contributed by atoms with van der Waals surface area (Å²) in [5.74, 6) is 1.38. The van der Waals surface area contributed by atoms with Gasteiger partial charge in [-0.05, 0) is 95.8 Å². The van der Waals surface area contributed by atoms with Crippen LogP contribution in [-0.4, -0.2) is 26.0 Å². The lowest BCUT2D eigenvalue weighted by atomic mass is 9.99. The van der Waals surface area contributed by atoms with Gasteiger partial charge in [-0.2, -0.15) is 0 Å².